The highest BCUT2D eigenvalue weighted by Crippen LogP contribution is 2.11. The summed E-state index contributed by atoms with van der Waals surface area (Å²) in [6.07, 6.45) is 0.691. The van der Waals surface area contributed by atoms with Crippen LogP contribution in [0.4, 0.5) is 0 Å². The SMILES string of the molecule is O=C(NC(C(=O)c1ccccc1)N1CCOCC1)c1ccco1. The normalized spacial score (nSPS) is 16.7. The fourth-order valence-corrected chi connectivity index (χ4v) is 2.52. The molecule has 0 aliphatic carbocycles. The number of carbonyl (C=O) groups is 2. The summed E-state index contributed by atoms with van der Waals surface area (Å²) >= 11 is 0. The van der Waals surface area contributed by atoms with Crippen LogP contribution in [0.1, 0.15) is 20.9 Å². The van der Waals surface area contributed by atoms with Crippen molar-refractivity contribution in [2.75, 3.05) is 26.3 Å². The molecule has 6 nitrogen and oxygen atoms in total. The molecule has 120 valence electrons. The highest BCUT2D eigenvalue weighted by molar-refractivity contribution is 6.03. The molecule has 1 unspecified atom stereocenters. The van der Waals surface area contributed by atoms with Gasteiger partial charge >= 0.3 is 0 Å². The standard InChI is InChI=1S/C17H18N2O4/c20-15(13-5-2-1-3-6-13)16(19-8-11-22-12-9-19)18-17(21)14-7-4-10-23-14/h1-7,10,16H,8-9,11-12H2,(H,18,21). The molecule has 0 radical (unpaired) electrons. The van der Waals surface area contributed by atoms with Crippen LogP contribution < -0.4 is 5.32 Å². The number of rotatable bonds is 5. The average molecular weight is 314 g/mol. The predicted octanol–water partition coefficient (Wildman–Crippen LogP) is 1.55. The number of Topliss-reactive ketones (excluding diaryl/α,β-unsaturated/α-hetero) is 1. The third-order valence-electron chi connectivity index (χ3n) is 3.73. The zero-order valence-electron chi connectivity index (χ0n) is 12.6. The Morgan fingerprint density at radius 2 is 1.78 bits per heavy atom. The third-order valence-corrected chi connectivity index (χ3v) is 3.73. The second kappa shape index (κ2) is 7.21. The van der Waals surface area contributed by atoms with Gasteiger partial charge in [-0.05, 0) is 12.1 Å². The molecule has 1 aromatic carbocycles. The van der Waals surface area contributed by atoms with Crippen LogP contribution >= 0.6 is 0 Å². The Balaban J connectivity index is 1.81. The van der Waals surface area contributed by atoms with Crippen LogP contribution in [-0.4, -0.2) is 49.1 Å². The van der Waals surface area contributed by atoms with E-state index in [2.05, 4.69) is 5.32 Å². The van der Waals surface area contributed by atoms with Crippen molar-refractivity contribution < 1.29 is 18.7 Å². The molecular weight excluding hydrogens is 296 g/mol. The van der Waals surface area contributed by atoms with Gasteiger partial charge in [0.15, 0.2) is 11.5 Å². The second-order valence-corrected chi connectivity index (χ2v) is 5.23. The lowest BCUT2D eigenvalue weighted by Crippen LogP contribution is -2.56. The van der Waals surface area contributed by atoms with Gasteiger partial charge in [0.1, 0.15) is 6.17 Å². The van der Waals surface area contributed by atoms with Crippen molar-refractivity contribution in [2.24, 2.45) is 0 Å². The van der Waals surface area contributed by atoms with E-state index in [1.807, 2.05) is 11.0 Å². The Labute approximate surface area is 134 Å². The molecule has 1 saturated heterocycles. The summed E-state index contributed by atoms with van der Waals surface area (Å²) in [5, 5.41) is 2.78. The van der Waals surface area contributed by atoms with Crippen LogP contribution in [0, 0.1) is 0 Å². The summed E-state index contributed by atoms with van der Waals surface area (Å²) in [5.74, 6) is -0.368. The zero-order chi connectivity index (χ0) is 16.1. The van der Waals surface area contributed by atoms with Gasteiger partial charge in [-0.3, -0.25) is 14.5 Å². The first-order valence-corrected chi connectivity index (χ1v) is 7.51. The summed E-state index contributed by atoms with van der Waals surface area (Å²) in [7, 11) is 0. The smallest absolute Gasteiger partial charge is 0.288 e. The molecule has 1 aromatic heterocycles. The van der Waals surface area contributed by atoms with Crippen molar-refractivity contribution in [2.45, 2.75) is 6.17 Å². The Hall–Kier alpha value is -2.44. The molecule has 1 fully saturated rings. The minimum atomic E-state index is -0.737. The van der Waals surface area contributed by atoms with Crippen molar-refractivity contribution in [3.05, 3.63) is 60.1 Å². The number of hydrogen-bond acceptors (Lipinski definition) is 5. The summed E-state index contributed by atoms with van der Waals surface area (Å²) in [5.41, 5.74) is 0.559. The van der Waals surface area contributed by atoms with Crippen molar-refractivity contribution in [1.82, 2.24) is 10.2 Å². The second-order valence-electron chi connectivity index (χ2n) is 5.23. The van der Waals surface area contributed by atoms with Crippen molar-refractivity contribution in [1.29, 1.82) is 0 Å². The van der Waals surface area contributed by atoms with E-state index in [0.717, 1.165) is 0 Å². The van der Waals surface area contributed by atoms with Crippen LogP contribution in [0.5, 0.6) is 0 Å². The molecule has 1 amide bonds. The number of nitrogens with one attached hydrogen (secondary N) is 1. The summed E-state index contributed by atoms with van der Waals surface area (Å²) in [6.45, 7) is 2.24. The molecule has 1 N–H and O–H groups in total. The molecule has 2 aromatic rings. The van der Waals surface area contributed by atoms with E-state index >= 15 is 0 Å². The number of ketones is 1. The van der Waals surface area contributed by atoms with Gasteiger partial charge in [0, 0.05) is 18.7 Å². The van der Waals surface area contributed by atoms with E-state index in [9.17, 15) is 9.59 Å². The van der Waals surface area contributed by atoms with Gasteiger partial charge in [-0.25, -0.2) is 0 Å². The molecule has 1 aliphatic rings. The maximum Gasteiger partial charge on any atom is 0.288 e. The number of amides is 1. The van der Waals surface area contributed by atoms with Gasteiger partial charge in [-0.1, -0.05) is 30.3 Å². The number of ether oxygens (including phenoxy) is 1. The zero-order valence-corrected chi connectivity index (χ0v) is 12.6. The maximum atomic E-state index is 12.8. The molecular formula is C17H18N2O4. The molecule has 0 saturated carbocycles. The van der Waals surface area contributed by atoms with E-state index < -0.39 is 12.1 Å². The minimum Gasteiger partial charge on any atom is -0.459 e. The van der Waals surface area contributed by atoms with Crippen LogP contribution in [0.3, 0.4) is 0 Å². The molecule has 2 heterocycles. The molecule has 23 heavy (non-hydrogen) atoms. The largest absolute Gasteiger partial charge is 0.459 e. The Morgan fingerprint density at radius 1 is 1.04 bits per heavy atom. The molecule has 0 spiro atoms. The number of nitrogens with zero attached hydrogens (tertiary/aromatic N) is 1. The Morgan fingerprint density at radius 3 is 2.43 bits per heavy atom. The van der Waals surface area contributed by atoms with Gasteiger partial charge < -0.3 is 14.5 Å². The topological polar surface area (TPSA) is 71.8 Å². The third kappa shape index (κ3) is 3.67. The van der Waals surface area contributed by atoms with Crippen LogP contribution in [0.2, 0.25) is 0 Å². The maximum absolute atomic E-state index is 12.8. The first-order valence-electron chi connectivity index (χ1n) is 7.51. The van der Waals surface area contributed by atoms with Gasteiger partial charge in [0.05, 0.1) is 19.5 Å². The monoisotopic (exact) mass is 314 g/mol. The molecule has 1 aliphatic heterocycles. The highest BCUT2D eigenvalue weighted by atomic mass is 16.5. The quantitative estimate of drug-likeness (QED) is 0.848. The number of morpholine rings is 1. The van der Waals surface area contributed by atoms with E-state index in [4.69, 9.17) is 9.15 Å². The lowest BCUT2D eigenvalue weighted by atomic mass is 10.1. The fraction of sp³-hybridized carbons (Fsp3) is 0.294. The summed E-state index contributed by atoms with van der Waals surface area (Å²) < 4.78 is 10.4. The predicted molar refractivity (Wildman–Crippen MR) is 83.1 cm³/mol. The Kier molecular flexibility index (Phi) is 4.85. The van der Waals surface area contributed by atoms with E-state index in [1.54, 1.807) is 36.4 Å². The van der Waals surface area contributed by atoms with Gasteiger partial charge in [0.2, 0.25) is 0 Å². The minimum absolute atomic E-state index is 0.146. The van der Waals surface area contributed by atoms with Crippen molar-refractivity contribution >= 4 is 11.7 Å². The molecule has 6 heteroatoms. The number of furan rings is 1. The highest BCUT2D eigenvalue weighted by Gasteiger charge is 2.30. The van der Waals surface area contributed by atoms with Crippen LogP contribution in [-0.2, 0) is 4.74 Å². The first-order chi connectivity index (χ1) is 11.3. The first kappa shape index (κ1) is 15.5. The molecule has 1 atom stereocenters. The lowest BCUT2D eigenvalue weighted by molar-refractivity contribution is 0.0108. The van der Waals surface area contributed by atoms with Crippen molar-refractivity contribution in [3.63, 3.8) is 0 Å². The van der Waals surface area contributed by atoms with Gasteiger partial charge in [0.25, 0.3) is 5.91 Å². The Bertz CT molecular complexity index is 648. The fourth-order valence-electron chi connectivity index (χ4n) is 2.52. The van der Waals surface area contributed by atoms with E-state index in [1.165, 1.54) is 6.26 Å². The average Bonchev–Trinajstić information content (AvgIpc) is 3.15. The van der Waals surface area contributed by atoms with E-state index in [-0.39, 0.29) is 11.5 Å². The molecule has 3 rings (SSSR count). The summed E-state index contributed by atoms with van der Waals surface area (Å²) in [4.78, 5) is 27.0. The van der Waals surface area contributed by atoms with Crippen LogP contribution in [0.25, 0.3) is 0 Å². The number of carbonyl (C=O) groups excluding carboxylic acids is 2. The summed E-state index contributed by atoms with van der Waals surface area (Å²) in [6, 6.07) is 12.2. The number of benzene rings is 1. The van der Waals surface area contributed by atoms with Crippen LogP contribution in [0.15, 0.2) is 53.1 Å². The van der Waals surface area contributed by atoms with Gasteiger partial charge in [-0.2, -0.15) is 0 Å². The molecule has 0 bridgehead atoms. The van der Waals surface area contributed by atoms with Crippen molar-refractivity contribution in [3.8, 4) is 0 Å². The van der Waals surface area contributed by atoms with Gasteiger partial charge in [-0.15, -0.1) is 0 Å². The number of hydrogen-bond donors (Lipinski definition) is 1. The lowest BCUT2D eigenvalue weighted by Gasteiger charge is -2.33. The van der Waals surface area contributed by atoms with E-state index in [0.29, 0.717) is 31.9 Å².